The first kappa shape index (κ1) is 42.3. The number of ketones is 1. The van der Waals surface area contributed by atoms with E-state index in [1.807, 2.05) is 103 Å². The first-order valence-electron chi connectivity index (χ1n) is 23.1. The van der Waals surface area contributed by atoms with Crippen LogP contribution in [-0.2, 0) is 0 Å². The van der Waals surface area contributed by atoms with E-state index in [1.54, 1.807) is 6.08 Å². The van der Waals surface area contributed by atoms with E-state index in [4.69, 9.17) is 15.0 Å². The van der Waals surface area contributed by atoms with Gasteiger partial charge in [-0.15, -0.1) is 0 Å². The van der Waals surface area contributed by atoms with Crippen LogP contribution in [-0.4, -0.2) is 21.6 Å². The normalized spacial score (nSPS) is 11.7. The Morgan fingerprint density at radius 1 is 0.420 bits per heavy atom. The van der Waals surface area contributed by atoms with E-state index in [1.165, 1.54) is 49.2 Å². The Kier molecular flexibility index (Phi) is 11.8. The summed E-state index contributed by atoms with van der Waals surface area (Å²) in [5.74, 6) is 1.70. The van der Waals surface area contributed by atoms with Crippen molar-refractivity contribution in [3.05, 3.63) is 271 Å². The van der Waals surface area contributed by atoms with Crippen molar-refractivity contribution in [2.24, 2.45) is 4.99 Å². The molecule has 13 rings (SSSR count). The molecule has 5 nitrogen and oxygen atoms in total. The summed E-state index contributed by atoms with van der Waals surface area (Å²) in [6.07, 6.45) is 3.43. The molecule has 0 atom stereocenters. The molecule has 0 amide bonds. The Balaban J connectivity index is 0.000000125. The van der Waals surface area contributed by atoms with E-state index in [0.717, 1.165) is 61.7 Å². The van der Waals surface area contributed by atoms with Crippen molar-refractivity contribution in [2.75, 3.05) is 5.32 Å². The molecule has 0 fully saturated rings. The van der Waals surface area contributed by atoms with Gasteiger partial charge in [0.2, 0.25) is 0 Å². The Bertz CT molecular complexity index is 3670. The summed E-state index contributed by atoms with van der Waals surface area (Å²) in [6.45, 7) is 0. The Morgan fingerprint density at radius 2 is 0.913 bits per heavy atom. The van der Waals surface area contributed by atoms with Crippen LogP contribution in [0.4, 0.5) is 11.4 Å². The highest BCUT2D eigenvalue weighted by atomic mass is 16.1. The number of aromatic nitrogens is 2. The summed E-state index contributed by atoms with van der Waals surface area (Å²) in [6, 6.07) is 84.4. The van der Waals surface area contributed by atoms with Gasteiger partial charge in [-0.05, 0) is 80.4 Å². The summed E-state index contributed by atoms with van der Waals surface area (Å²) >= 11 is 0. The molecule has 1 aliphatic heterocycles. The minimum Gasteiger partial charge on any atom is -0.339 e. The molecule has 326 valence electrons. The van der Waals surface area contributed by atoms with E-state index >= 15 is 0 Å². The second-order valence-electron chi connectivity index (χ2n) is 16.7. The number of hydrogen-bond donors (Lipinski definition) is 1. The molecule has 0 radical (unpaired) electrons. The second-order valence-corrected chi connectivity index (χ2v) is 16.7. The number of anilines is 1. The van der Waals surface area contributed by atoms with Crippen LogP contribution in [0.5, 0.6) is 0 Å². The number of benzene rings is 11. The summed E-state index contributed by atoms with van der Waals surface area (Å²) in [7, 11) is 0. The average Bonchev–Trinajstić information content (AvgIpc) is 3.43. The zero-order valence-electron chi connectivity index (χ0n) is 37.6. The van der Waals surface area contributed by atoms with E-state index in [9.17, 15) is 4.79 Å². The maximum absolute atomic E-state index is 11.7. The molecule has 1 aliphatic rings. The molecule has 0 unspecified atom stereocenters. The zero-order valence-corrected chi connectivity index (χ0v) is 37.6. The Morgan fingerprint density at radius 3 is 1.48 bits per heavy atom. The summed E-state index contributed by atoms with van der Waals surface area (Å²) < 4.78 is 0. The molecule has 5 heteroatoms. The van der Waals surface area contributed by atoms with Crippen LogP contribution in [0.1, 0.15) is 21.5 Å². The molecule has 12 aromatic rings. The fourth-order valence-corrected chi connectivity index (χ4v) is 9.04. The van der Waals surface area contributed by atoms with Gasteiger partial charge in [0.05, 0.1) is 16.7 Å². The van der Waals surface area contributed by atoms with Gasteiger partial charge >= 0.3 is 0 Å². The molecular weight excluding hydrogens is 841 g/mol. The number of allylic oxidation sites excluding steroid dienone is 1. The van der Waals surface area contributed by atoms with Crippen molar-refractivity contribution in [3.63, 3.8) is 0 Å². The first-order valence-corrected chi connectivity index (χ1v) is 23.1. The molecule has 1 aromatic heterocycles. The van der Waals surface area contributed by atoms with Gasteiger partial charge in [0, 0.05) is 38.5 Å². The van der Waals surface area contributed by atoms with E-state index in [0.29, 0.717) is 0 Å². The SMILES string of the molecule is O=C(/C=C/c1ccccc1)c1ccccc1.c1ccc(-c2nc3ccc4c(-c5ccccc5)cc(-c5ccccc5)c5ccc(n2)c3c45)cc1.c1ccc(C2=Nc3cccc4cccc(c34)N2)cc1. The molecule has 69 heavy (non-hydrogen) atoms. The summed E-state index contributed by atoms with van der Waals surface area (Å²) in [4.78, 5) is 26.5. The molecule has 1 N–H and O–H groups in total. The Labute approximate surface area is 400 Å². The van der Waals surface area contributed by atoms with Gasteiger partial charge < -0.3 is 5.32 Å². The van der Waals surface area contributed by atoms with Crippen molar-refractivity contribution in [1.82, 2.24) is 9.97 Å². The van der Waals surface area contributed by atoms with Gasteiger partial charge in [0.25, 0.3) is 0 Å². The number of carbonyl (C=O) groups is 1. The van der Waals surface area contributed by atoms with Gasteiger partial charge in [0.15, 0.2) is 11.6 Å². The highest BCUT2D eigenvalue weighted by Gasteiger charge is 2.19. The van der Waals surface area contributed by atoms with Gasteiger partial charge in [-0.2, -0.15) is 0 Å². The fourth-order valence-electron chi connectivity index (χ4n) is 9.04. The molecule has 2 heterocycles. The monoisotopic (exact) mass is 884 g/mol. The summed E-state index contributed by atoms with van der Waals surface area (Å²) in [5, 5.41) is 10.7. The number of rotatable bonds is 7. The van der Waals surface area contributed by atoms with Crippen LogP contribution >= 0.6 is 0 Å². The van der Waals surface area contributed by atoms with Crippen molar-refractivity contribution in [2.45, 2.75) is 0 Å². The number of carbonyl (C=O) groups excluding carboxylic acids is 1. The van der Waals surface area contributed by atoms with Crippen molar-refractivity contribution in [3.8, 4) is 33.6 Å². The molecule has 0 spiro atoms. The third-order valence-electron chi connectivity index (χ3n) is 12.3. The molecule has 0 saturated carbocycles. The van der Waals surface area contributed by atoms with Gasteiger partial charge in [0.1, 0.15) is 5.84 Å². The molecular formula is C64H44N4O. The number of aliphatic imine (C=N–C) groups is 1. The first-order chi connectivity index (χ1) is 34.1. The van der Waals surface area contributed by atoms with E-state index in [-0.39, 0.29) is 5.78 Å². The quantitative estimate of drug-likeness (QED) is 0.0984. The second kappa shape index (κ2) is 19.3. The molecule has 0 bridgehead atoms. The predicted molar refractivity (Wildman–Crippen MR) is 289 cm³/mol. The lowest BCUT2D eigenvalue weighted by Gasteiger charge is -2.19. The highest BCUT2D eigenvalue weighted by Crippen LogP contribution is 2.44. The van der Waals surface area contributed by atoms with E-state index in [2.05, 4.69) is 157 Å². The lowest BCUT2D eigenvalue weighted by atomic mass is 9.87. The molecule has 0 aliphatic carbocycles. The van der Waals surface area contributed by atoms with Gasteiger partial charge in [-0.3, -0.25) is 4.79 Å². The average molecular weight is 885 g/mol. The lowest BCUT2D eigenvalue weighted by Crippen LogP contribution is -2.15. The zero-order chi connectivity index (χ0) is 46.4. The van der Waals surface area contributed by atoms with Crippen LogP contribution < -0.4 is 5.32 Å². The molecule has 0 saturated heterocycles. The highest BCUT2D eigenvalue weighted by molar-refractivity contribution is 6.27. The predicted octanol–water partition coefficient (Wildman–Crippen LogP) is 16.3. The van der Waals surface area contributed by atoms with Crippen LogP contribution in [0.25, 0.3) is 83.1 Å². The van der Waals surface area contributed by atoms with E-state index < -0.39 is 0 Å². The Hall–Kier alpha value is -9.32. The number of amidine groups is 1. The number of nitrogens with zero attached hydrogens (tertiary/aromatic N) is 3. The largest absolute Gasteiger partial charge is 0.339 e. The number of nitrogens with one attached hydrogen (secondary N) is 1. The van der Waals surface area contributed by atoms with Gasteiger partial charge in [-0.25, -0.2) is 15.0 Å². The molecule has 11 aromatic carbocycles. The maximum Gasteiger partial charge on any atom is 0.185 e. The van der Waals surface area contributed by atoms with Crippen molar-refractivity contribution < 1.29 is 4.79 Å². The third-order valence-corrected chi connectivity index (χ3v) is 12.3. The standard InChI is InChI=1S/C32H20N2.C17H12N2.C15H12O/c1-4-10-21(11-5-1)26-20-27(22-12-6-2-7-13-22)25-17-19-29-31-28(18-16-24(26)30(25)31)33-32(34-29)23-14-8-3-9-15-23;1-2-6-13(7-3-1)17-18-14-10-4-8-12-9-5-11-15(19-17)16(12)14;16-15(14-9-5-2-6-10-14)12-11-13-7-3-1-4-8-13/h1-20H;1-11H,(H,18,19);1-12H/b;;12-11+. The smallest absolute Gasteiger partial charge is 0.185 e. The fraction of sp³-hybridized carbons (Fsp3) is 0. The van der Waals surface area contributed by atoms with Crippen molar-refractivity contribution >= 4 is 72.4 Å². The van der Waals surface area contributed by atoms with Crippen molar-refractivity contribution in [1.29, 1.82) is 0 Å². The van der Waals surface area contributed by atoms with Crippen LogP contribution in [0.3, 0.4) is 0 Å². The van der Waals surface area contributed by atoms with Crippen LogP contribution in [0.2, 0.25) is 0 Å². The maximum atomic E-state index is 11.7. The van der Waals surface area contributed by atoms with Crippen LogP contribution in [0.15, 0.2) is 260 Å². The summed E-state index contributed by atoms with van der Waals surface area (Å²) in [5.41, 5.74) is 12.9. The lowest BCUT2D eigenvalue weighted by molar-refractivity contribution is 0.104. The topological polar surface area (TPSA) is 67.2 Å². The minimum atomic E-state index is 0.0319. The van der Waals surface area contributed by atoms with Gasteiger partial charge in [-0.1, -0.05) is 224 Å². The van der Waals surface area contributed by atoms with Crippen LogP contribution in [0, 0.1) is 0 Å². The minimum absolute atomic E-state index is 0.0319. The number of hydrogen-bond acceptors (Lipinski definition) is 5. The third kappa shape index (κ3) is 8.88.